The number of H-pyrrole nitrogens is 1. The number of nitrogens with one attached hydrogen (secondary N) is 2. The lowest BCUT2D eigenvalue weighted by Gasteiger charge is -2.05. The normalized spacial score (nSPS) is 10.3. The Morgan fingerprint density at radius 2 is 2.39 bits per heavy atom. The average Bonchev–Trinajstić information content (AvgIpc) is 2.81. The third-order valence-electron chi connectivity index (χ3n) is 2.49. The zero-order valence-corrected chi connectivity index (χ0v) is 10.0. The third kappa shape index (κ3) is 2.85. The Balaban J connectivity index is 1.93. The average molecular weight is 246 g/mol. The smallest absolute Gasteiger partial charge is 0.256 e. The van der Waals surface area contributed by atoms with Crippen molar-refractivity contribution in [1.29, 1.82) is 0 Å². The first-order valence-corrected chi connectivity index (χ1v) is 5.62. The van der Waals surface area contributed by atoms with Crippen LogP contribution in [0.1, 0.15) is 16.1 Å². The number of aromatic amines is 1. The predicted molar refractivity (Wildman–Crippen MR) is 66.4 cm³/mol. The van der Waals surface area contributed by atoms with Crippen LogP contribution in [0.3, 0.4) is 0 Å². The molecule has 0 saturated carbocycles. The molecule has 2 aromatic rings. The SMILES string of the molecule is Cc1cc(=O)c(C(=O)NCCn2cccn2)c[nH]1. The third-order valence-corrected chi connectivity index (χ3v) is 2.49. The molecule has 0 aliphatic heterocycles. The highest BCUT2D eigenvalue weighted by Gasteiger charge is 2.09. The molecule has 2 rings (SSSR count). The lowest BCUT2D eigenvalue weighted by molar-refractivity contribution is 0.0950. The Hall–Kier alpha value is -2.37. The van der Waals surface area contributed by atoms with Crippen LogP contribution in [0.4, 0.5) is 0 Å². The zero-order chi connectivity index (χ0) is 13.0. The zero-order valence-electron chi connectivity index (χ0n) is 10.0. The van der Waals surface area contributed by atoms with Crippen molar-refractivity contribution in [1.82, 2.24) is 20.1 Å². The van der Waals surface area contributed by atoms with Crippen molar-refractivity contribution in [2.24, 2.45) is 0 Å². The van der Waals surface area contributed by atoms with Gasteiger partial charge in [-0.25, -0.2) is 0 Å². The number of carbonyl (C=O) groups is 1. The maximum Gasteiger partial charge on any atom is 0.256 e. The lowest BCUT2D eigenvalue weighted by atomic mass is 10.2. The van der Waals surface area contributed by atoms with Gasteiger partial charge in [-0.1, -0.05) is 0 Å². The molecular formula is C12H14N4O2. The Morgan fingerprint density at radius 3 is 3.06 bits per heavy atom. The summed E-state index contributed by atoms with van der Waals surface area (Å²) < 4.78 is 1.71. The van der Waals surface area contributed by atoms with Crippen molar-refractivity contribution in [3.8, 4) is 0 Å². The highest BCUT2D eigenvalue weighted by Crippen LogP contribution is 1.92. The molecule has 0 atom stereocenters. The van der Waals surface area contributed by atoms with Crippen LogP contribution in [0.2, 0.25) is 0 Å². The van der Waals surface area contributed by atoms with Crippen LogP contribution in [-0.2, 0) is 6.54 Å². The summed E-state index contributed by atoms with van der Waals surface area (Å²) in [6.07, 6.45) is 4.91. The molecule has 0 saturated heterocycles. The van der Waals surface area contributed by atoms with Crippen LogP contribution in [0.15, 0.2) is 35.5 Å². The number of hydrogen-bond donors (Lipinski definition) is 2. The highest BCUT2D eigenvalue weighted by molar-refractivity contribution is 5.93. The van der Waals surface area contributed by atoms with Gasteiger partial charge in [0.25, 0.3) is 5.91 Å². The summed E-state index contributed by atoms with van der Waals surface area (Å²) in [6, 6.07) is 3.22. The van der Waals surface area contributed by atoms with E-state index in [-0.39, 0.29) is 16.9 Å². The van der Waals surface area contributed by atoms with E-state index in [1.807, 2.05) is 12.3 Å². The molecule has 2 aromatic heterocycles. The van der Waals surface area contributed by atoms with E-state index in [1.54, 1.807) is 17.8 Å². The van der Waals surface area contributed by atoms with Crippen molar-refractivity contribution in [2.75, 3.05) is 6.54 Å². The maximum atomic E-state index is 11.7. The topological polar surface area (TPSA) is 79.8 Å². The molecule has 6 nitrogen and oxygen atoms in total. The van der Waals surface area contributed by atoms with Crippen LogP contribution >= 0.6 is 0 Å². The fourth-order valence-corrected chi connectivity index (χ4v) is 1.56. The van der Waals surface area contributed by atoms with Crippen LogP contribution in [0, 0.1) is 6.92 Å². The fourth-order valence-electron chi connectivity index (χ4n) is 1.56. The van der Waals surface area contributed by atoms with E-state index in [1.165, 1.54) is 12.3 Å². The van der Waals surface area contributed by atoms with E-state index < -0.39 is 0 Å². The number of nitrogens with zero attached hydrogens (tertiary/aromatic N) is 2. The number of pyridine rings is 1. The van der Waals surface area contributed by atoms with Gasteiger partial charge in [-0.2, -0.15) is 5.10 Å². The molecule has 0 radical (unpaired) electrons. The van der Waals surface area contributed by atoms with E-state index in [0.29, 0.717) is 13.1 Å². The molecule has 0 spiro atoms. The molecule has 1 amide bonds. The second-order valence-electron chi connectivity index (χ2n) is 3.92. The van der Waals surface area contributed by atoms with E-state index in [4.69, 9.17) is 0 Å². The molecule has 0 unspecified atom stereocenters. The van der Waals surface area contributed by atoms with Gasteiger partial charge in [-0.15, -0.1) is 0 Å². The summed E-state index contributed by atoms with van der Waals surface area (Å²) >= 11 is 0. The Kier molecular flexibility index (Phi) is 3.57. The molecule has 94 valence electrons. The van der Waals surface area contributed by atoms with Crippen LogP contribution in [0.5, 0.6) is 0 Å². The summed E-state index contributed by atoms with van der Waals surface area (Å²) in [4.78, 5) is 26.2. The molecule has 18 heavy (non-hydrogen) atoms. The first-order valence-electron chi connectivity index (χ1n) is 5.62. The highest BCUT2D eigenvalue weighted by atomic mass is 16.2. The molecule has 0 aromatic carbocycles. The molecule has 0 bridgehead atoms. The van der Waals surface area contributed by atoms with Crippen molar-refractivity contribution < 1.29 is 4.79 Å². The Bertz CT molecular complexity index is 586. The van der Waals surface area contributed by atoms with Crippen molar-refractivity contribution in [3.63, 3.8) is 0 Å². The van der Waals surface area contributed by atoms with Gasteiger partial charge in [0, 0.05) is 36.9 Å². The van der Waals surface area contributed by atoms with Gasteiger partial charge in [-0.3, -0.25) is 14.3 Å². The summed E-state index contributed by atoms with van der Waals surface area (Å²) in [5.74, 6) is -0.372. The fraction of sp³-hybridized carbons (Fsp3) is 0.250. The van der Waals surface area contributed by atoms with E-state index in [9.17, 15) is 9.59 Å². The van der Waals surface area contributed by atoms with Gasteiger partial charge in [0.1, 0.15) is 5.56 Å². The molecule has 0 fully saturated rings. The maximum absolute atomic E-state index is 11.7. The van der Waals surface area contributed by atoms with E-state index in [2.05, 4.69) is 15.4 Å². The number of rotatable bonds is 4. The van der Waals surface area contributed by atoms with Crippen LogP contribution < -0.4 is 10.7 Å². The number of aryl methyl sites for hydroxylation is 1. The Morgan fingerprint density at radius 1 is 1.56 bits per heavy atom. The molecular weight excluding hydrogens is 232 g/mol. The predicted octanol–water partition coefficient (Wildman–Crippen LogP) is 0.310. The standard InChI is InChI=1S/C12H14N4O2/c1-9-7-11(17)10(8-14-9)12(18)13-4-6-16-5-2-3-15-16/h2-3,5,7-8H,4,6H2,1H3,(H,13,18)(H,14,17). The lowest BCUT2D eigenvalue weighted by Crippen LogP contribution is -2.31. The minimum atomic E-state index is -0.372. The van der Waals surface area contributed by atoms with Gasteiger partial charge in [0.15, 0.2) is 5.43 Å². The summed E-state index contributed by atoms with van der Waals surface area (Å²) in [5.41, 5.74) is 0.581. The monoisotopic (exact) mass is 246 g/mol. The molecule has 0 aliphatic carbocycles. The first kappa shape index (κ1) is 12.1. The second kappa shape index (κ2) is 5.31. The Labute approximate surface area is 104 Å². The first-order chi connectivity index (χ1) is 8.66. The molecule has 2 N–H and O–H groups in total. The van der Waals surface area contributed by atoms with Crippen LogP contribution in [0.25, 0.3) is 0 Å². The summed E-state index contributed by atoms with van der Waals surface area (Å²) in [6.45, 7) is 2.76. The number of hydrogen-bond acceptors (Lipinski definition) is 3. The van der Waals surface area contributed by atoms with Crippen LogP contribution in [-0.4, -0.2) is 27.2 Å². The van der Waals surface area contributed by atoms with E-state index >= 15 is 0 Å². The number of carbonyl (C=O) groups excluding carboxylic acids is 1. The van der Waals surface area contributed by atoms with Gasteiger partial charge in [-0.05, 0) is 13.0 Å². The molecule has 2 heterocycles. The quantitative estimate of drug-likeness (QED) is 0.814. The van der Waals surface area contributed by atoms with E-state index in [0.717, 1.165) is 5.69 Å². The molecule has 0 aliphatic rings. The largest absolute Gasteiger partial charge is 0.364 e. The van der Waals surface area contributed by atoms with Gasteiger partial charge >= 0.3 is 0 Å². The molecule has 6 heteroatoms. The van der Waals surface area contributed by atoms with Crippen molar-refractivity contribution in [3.05, 3.63) is 52.2 Å². The van der Waals surface area contributed by atoms with Gasteiger partial charge in [0.05, 0.1) is 6.54 Å². The van der Waals surface area contributed by atoms with Crippen molar-refractivity contribution in [2.45, 2.75) is 13.5 Å². The van der Waals surface area contributed by atoms with Crippen molar-refractivity contribution >= 4 is 5.91 Å². The summed E-state index contributed by atoms with van der Waals surface area (Å²) in [7, 11) is 0. The summed E-state index contributed by atoms with van der Waals surface area (Å²) in [5, 5.41) is 6.69. The second-order valence-corrected chi connectivity index (χ2v) is 3.92. The van der Waals surface area contributed by atoms with Gasteiger partial charge < -0.3 is 10.3 Å². The number of amides is 1. The minimum Gasteiger partial charge on any atom is -0.364 e. The minimum absolute atomic E-state index is 0.126. The number of aromatic nitrogens is 3. The van der Waals surface area contributed by atoms with Gasteiger partial charge in [0.2, 0.25) is 0 Å².